The molecule has 0 saturated carbocycles. The number of benzene rings is 2. The molecule has 2 aromatic carbocycles. The van der Waals surface area contributed by atoms with Crippen molar-refractivity contribution in [3.8, 4) is 17.1 Å². The zero-order valence-electron chi connectivity index (χ0n) is 10.1. The highest BCUT2D eigenvalue weighted by molar-refractivity contribution is 9.10. The molecular formula is C15H8BrClO3. The molecule has 0 saturated heterocycles. The zero-order chi connectivity index (χ0) is 14.3. The van der Waals surface area contributed by atoms with Gasteiger partial charge in [-0.25, -0.2) is 0 Å². The van der Waals surface area contributed by atoms with E-state index in [1.165, 1.54) is 0 Å². The molecule has 3 nitrogen and oxygen atoms in total. The second-order valence-electron chi connectivity index (χ2n) is 4.26. The van der Waals surface area contributed by atoms with Gasteiger partial charge in [-0.1, -0.05) is 27.5 Å². The highest BCUT2D eigenvalue weighted by Crippen LogP contribution is 2.31. The van der Waals surface area contributed by atoms with Crippen LogP contribution in [0.3, 0.4) is 0 Å². The quantitative estimate of drug-likeness (QED) is 0.698. The minimum Gasteiger partial charge on any atom is -0.502 e. The molecule has 0 aliphatic heterocycles. The van der Waals surface area contributed by atoms with Gasteiger partial charge in [-0.2, -0.15) is 0 Å². The molecule has 0 fully saturated rings. The SMILES string of the molecule is O=c1c(O)c(-c2ccc(Cl)cc2)oc2ccc(Br)cc12. The maximum Gasteiger partial charge on any atom is 0.235 e. The lowest BCUT2D eigenvalue weighted by atomic mass is 10.1. The van der Waals surface area contributed by atoms with Crippen LogP contribution >= 0.6 is 27.5 Å². The van der Waals surface area contributed by atoms with Crippen molar-refractivity contribution in [2.45, 2.75) is 0 Å². The molecule has 20 heavy (non-hydrogen) atoms. The predicted molar refractivity (Wildman–Crippen MR) is 82.3 cm³/mol. The lowest BCUT2D eigenvalue weighted by Crippen LogP contribution is -2.02. The third kappa shape index (κ3) is 2.21. The van der Waals surface area contributed by atoms with E-state index in [0.717, 1.165) is 4.47 Å². The van der Waals surface area contributed by atoms with Crippen LogP contribution in [0.2, 0.25) is 5.02 Å². The summed E-state index contributed by atoms with van der Waals surface area (Å²) in [5, 5.41) is 11.0. The smallest absolute Gasteiger partial charge is 0.235 e. The molecule has 3 rings (SSSR count). The van der Waals surface area contributed by atoms with E-state index in [1.807, 2.05) is 0 Å². The molecule has 0 aliphatic carbocycles. The van der Waals surface area contributed by atoms with Crippen LogP contribution in [0.1, 0.15) is 0 Å². The largest absolute Gasteiger partial charge is 0.502 e. The third-order valence-corrected chi connectivity index (χ3v) is 3.68. The Labute approximate surface area is 127 Å². The minimum atomic E-state index is -0.461. The normalized spacial score (nSPS) is 10.9. The fourth-order valence-corrected chi connectivity index (χ4v) is 2.44. The van der Waals surface area contributed by atoms with Crippen molar-refractivity contribution in [1.82, 2.24) is 0 Å². The average molecular weight is 352 g/mol. The summed E-state index contributed by atoms with van der Waals surface area (Å²) in [5.41, 5.74) is 0.548. The van der Waals surface area contributed by atoms with E-state index in [1.54, 1.807) is 42.5 Å². The number of hydrogen-bond donors (Lipinski definition) is 1. The van der Waals surface area contributed by atoms with Crippen molar-refractivity contribution >= 4 is 38.5 Å². The number of hydrogen-bond acceptors (Lipinski definition) is 3. The minimum absolute atomic E-state index is 0.140. The molecule has 1 N–H and O–H groups in total. The van der Waals surface area contributed by atoms with Crippen LogP contribution in [0.15, 0.2) is 56.1 Å². The molecule has 5 heteroatoms. The third-order valence-electron chi connectivity index (χ3n) is 2.93. The first-order valence-corrected chi connectivity index (χ1v) is 6.94. The fourth-order valence-electron chi connectivity index (χ4n) is 1.95. The molecule has 0 atom stereocenters. The Balaban J connectivity index is 2.32. The van der Waals surface area contributed by atoms with Gasteiger partial charge in [-0.3, -0.25) is 4.79 Å². The van der Waals surface area contributed by atoms with Crippen LogP contribution in [0.5, 0.6) is 5.75 Å². The number of fused-ring (bicyclic) bond motifs is 1. The standard InChI is InChI=1S/C15H8BrClO3/c16-9-3-6-12-11(7-9)13(18)14(19)15(20-12)8-1-4-10(17)5-2-8/h1-7,19H. The Bertz CT molecular complexity index is 853. The monoisotopic (exact) mass is 350 g/mol. The van der Waals surface area contributed by atoms with Gasteiger partial charge in [0, 0.05) is 15.1 Å². The first-order chi connectivity index (χ1) is 9.56. The van der Waals surface area contributed by atoms with Crippen molar-refractivity contribution in [1.29, 1.82) is 0 Å². The van der Waals surface area contributed by atoms with Crippen molar-refractivity contribution in [2.75, 3.05) is 0 Å². The van der Waals surface area contributed by atoms with Gasteiger partial charge < -0.3 is 9.52 Å². The summed E-state index contributed by atoms with van der Waals surface area (Å²) >= 11 is 9.11. The van der Waals surface area contributed by atoms with E-state index in [4.69, 9.17) is 16.0 Å². The Hall–Kier alpha value is -1.78. The van der Waals surface area contributed by atoms with Gasteiger partial charge in [0.1, 0.15) is 5.58 Å². The van der Waals surface area contributed by atoms with Gasteiger partial charge in [0.25, 0.3) is 0 Å². The van der Waals surface area contributed by atoms with Crippen LogP contribution in [0.4, 0.5) is 0 Å². The van der Waals surface area contributed by atoms with Gasteiger partial charge in [-0.05, 0) is 42.5 Å². The van der Waals surface area contributed by atoms with Gasteiger partial charge in [-0.15, -0.1) is 0 Å². The Kier molecular flexibility index (Phi) is 3.28. The molecule has 3 aromatic rings. The molecule has 0 amide bonds. The van der Waals surface area contributed by atoms with Gasteiger partial charge in [0.05, 0.1) is 5.39 Å². The number of halogens is 2. The second-order valence-corrected chi connectivity index (χ2v) is 5.61. The topological polar surface area (TPSA) is 50.4 Å². The molecule has 0 unspecified atom stereocenters. The molecule has 0 radical (unpaired) electrons. The number of aromatic hydroxyl groups is 1. The summed E-state index contributed by atoms with van der Waals surface area (Å²) in [6, 6.07) is 11.8. The Morgan fingerprint density at radius 2 is 1.80 bits per heavy atom. The summed E-state index contributed by atoms with van der Waals surface area (Å²) in [6.45, 7) is 0. The van der Waals surface area contributed by atoms with Crippen LogP contribution in [0.25, 0.3) is 22.3 Å². The molecular weight excluding hydrogens is 344 g/mol. The highest BCUT2D eigenvalue weighted by Gasteiger charge is 2.15. The summed E-state index contributed by atoms with van der Waals surface area (Å²) in [4.78, 5) is 12.2. The van der Waals surface area contributed by atoms with Crippen molar-refractivity contribution in [2.24, 2.45) is 0 Å². The predicted octanol–water partition coefficient (Wildman–Crippen LogP) is 4.58. The average Bonchev–Trinajstić information content (AvgIpc) is 2.44. The summed E-state index contributed by atoms with van der Waals surface area (Å²) < 4.78 is 6.39. The first-order valence-electron chi connectivity index (χ1n) is 5.77. The molecule has 0 spiro atoms. The molecule has 1 aromatic heterocycles. The second kappa shape index (κ2) is 4.96. The van der Waals surface area contributed by atoms with E-state index in [0.29, 0.717) is 21.6 Å². The van der Waals surface area contributed by atoms with Crippen LogP contribution in [-0.2, 0) is 0 Å². The molecule has 0 bridgehead atoms. The van der Waals surface area contributed by atoms with Gasteiger partial charge in [0.15, 0.2) is 5.76 Å². The lowest BCUT2D eigenvalue weighted by molar-refractivity contribution is 0.449. The maximum absolute atomic E-state index is 12.2. The van der Waals surface area contributed by atoms with E-state index in [2.05, 4.69) is 15.9 Å². The first kappa shape index (κ1) is 13.2. The van der Waals surface area contributed by atoms with Crippen molar-refractivity contribution in [3.63, 3.8) is 0 Å². The zero-order valence-corrected chi connectivity index (χ0v) is 12.4. The van der Waals surface area contributed by atoms with Gasteiger partial charge >= 0.3 is 0 Å². The summed E-state index contributed by atoms with van der Waals surface area (Å²) in [6.07, 6.45) is 0. The number of rotatable bonds is 1. The molecule has 100 valence electrons. The van der Waals surface area contributed by atoms with E-state index < -0.39 is 11.2 Å². The van der Waals surface area contributed by atoms with Crippen LogP contribution in [-0.4, -0.2) is 5.11 Å². The molecule has 1 heterocycles. The van der Waals surface area contributed by atoms with Gasteiger partial charge in [0.2, 0.25) is 11.2 Å². The van der Waals surface area contributed by atoms with Crippen molar-refractivity contribution in [3.05, 3.63) is 62.2 Å². The highest BCUT2D eigenvalue weighted by atomic mass is 79.9. The summed E-state index contributed by atoms with van der Waals surface area (Å²) in [7, 11) is 0. The Morgan fingerprint density at radius 3 is 2.50 bits per heavy atom. The fraction of sp³-hybridized carbons (Fsp3) is 0. The van der Waals surface area contributed by atoms with E-state index in [-0.39, 0.29) is 5.76 Å². The molecule has 0 aliphatic rings. The van der Waals surface area contributed by atoms with Crippen LogP contribution in [0, 0.1) is 0 Å². The Morgan fingerprint density at radius 1 is 1.10 bits per heavy atom. The van der Waals surface area contributed by atoms with Crippen molar-refractivity contribution < 1.29 is 9.52 Å². The lowest BCUT2D eigenvalue weighted by Gasteiger charge is -2.06. The van der Waals surface area contributed by atoms with Crippen LogP contribution < -0.4 is 5.43 Å². The summed E-state index contributed by atoms with van der Waals surface area (Å²) in [5.74, 6) is -0.264. The van der Waals surface area contributed by atoms with E-state index in [9.17, 15) is 9.90 Å². The van der Waals surface area contributed by atoms with E-state index >= 15 is 0 Å². The maximum atomic E-state index is 12.2.